The van der Waals surface area contributed by atoms with Gasteiger partial charge in [-0.2, -0.15) is 0 Å². The normalized spacial score (nSPS) is 13.4. The fraction of sp³-hybridized carbons (Fsp3) is 0.700. The second-order valence-corrected chi connectivity index (χ2v) is 12.1. The third-order valence-electron chi connectivity index (χ3n) is 6.08. The van der Waals surface area contributed by atoms with Gasteiger partial charge >= 0.3 is 6.09 Å². The molecule has 8 heteroatoms. The monoisotopic (exact) mass is 533 g/mol. The SMILES string of the molecule is CCCCCCCCN(C(=O)C(CO)NC(=O)OC(C)(C)C)C(C(=O)NC(C)(C)C)c1c(C)cccc1C. The molecule has 2 atom stereocenters. The lowest BCUT2D eigenvalue weighted by Crippen LogP contribution is -2.56. The average Bonchev–Trinajstić information content (AvgIpc) is 2.77. The van der Waals surface area contributed by atoms with Crippen molar-refractivity contribution in [1.29, 1.82) is 0 Å². The van der Waals surface area contributed by atoms with Crippen molar-refractivity contribution in [2.75, 3.05) is 13.2 Å². The molecule has 0 aliphatic rings. The van der Waals surface area contributed by atoms with Crippen LogP contribution >= 0.6 is 0 Å². The lowest BCUT2D eigenvalue weighted by Gasteiger charge is -2.37. The summed E-state index contributed by atoms with van der Waals surface area (Å²) in [5.74, 6) is -0.827. The summed E-state index contributed by atoms with van der Waals surface area (Å²) in [6, 6.07) is 3.60. The largest absolute Gasteiger partial charge is 0.444 e. The highest BCUT2D eigenvalue weighted by Crippen LogP contribution is 2.30. The summed E-state index contributed by atoms with van der Waals surface area (Å²) in [5, 5.41) is 15.7. The first-order valence-corrected chi connectivity index (χ1v) is 13.9. The Morgan fingerprint density at radius 1 is 0.947 bits per heavy atom. The number of aryl methyl sites for hydroxylation is 2. The predicted octanol–water partition coefficient (Wildman–Crippen LogP) is 5.33. The van der Waals surface area contributed by atoms with Gasteiger partial charge in [0.25, 0.3) is 0 Å². The highest BCUT2D eigenvalue weighted by Gasteiger charge is 2.38. The Bertz CT molecular complexity index is 897. The van der Waals surface area contributed by atoms with Crippen molar-refractivity contribution in [3.63, 3.8) is 0 Å². The summed E-state index contributed by atoms with van der Waals surface area (Å²) >= 11 is 0. The van der Waals surface area contributed by atoms with Gasteiger partial charge in [-0.05, 0) is 78.5 Å². The van der Waals surface area contributed by atoms with Crippen LogP contribution in [0.4, 0.5) is 4.79 Å². The van der Waals surface area contributed by atoms with E-state index in [0.29, 0.717) is 13.0 Å². The van der Waals surface area contributed by atoms with Gasteiger partial charge in [-0.15, -0.1) is 0 Å². The molecule has 0 saturated carbocycles. The standard InChI is InChI=1S/C30H51N3O5/c1-10-11-12-13-14-15-19-33(27(36)23(20-34)31-28(37)38-30(7,8)9)25(26(35)32-29(4,5)6)24-21(2)17-16-18-22(24)3/h16-18,23,25,34H,10-15,19-20H2,1-9H3,(H,31,37)(H,32,35). The molecular weight excluding hydrogens is 482 g/mol. The van der Waals surface area contributed by atoms with Crippen LogP contribution in [0, 0.1) is 13.8 Å². The van der Waals surface area contributed by atoms with E-state index >= 15 is 0 Å². The van der Waals surface area contributed by atoms with Crippen molar-refractivity contribution < 1.29 is 24.2 Å². The zero-order valence-electron chi connectivity index (χ0n) is 25.1. The number of aliphatic hydroxyl groups excluding tert-OH is 1. The first-order valence-electron chi connectivity index (χ1n) is 13.9. The lowest BCUT2D eigenvalue weighted by molar-refractivity contribution is -0.144. The Morgan fingerprint density at radius 2 is 1.50 bits per heavy atom. The molecule has 3 amide bonds. The first kappa shape index (κ1) is 33.4. The van der Waals surface area contributed by atoms with E-state index in [0.717, 1.165) is 48.8 Å². The predicted molar refractivity (Wildman–Crippen MR) is 152 cm³/mol. The summed E-state index contributed by atoms with van der Waals surface area (Å²) in [4.78, 5) is 41.8. The minimum atomic E-state index is -1.25. The number of unbranched alkanes of at least 4 members (excludes halogenated alkanes) is 5. The van der Waals surface area contributed by atoms with E-state index < -0.39 is 41.8 Å². The number of hydrogen-bond donors (Lipinski definition) is 3. The van der Waals surface area contributed by atoms with E-state index in [1.165, 1.54) is 4.90 Å². The summed E-state index contributed by atoms with van der Waals surface area (Å²) in [6.07, 6.45) is 5.27. The molecule has 0 aromatic heterocycles. The second-order valence-electron chi connectivity index (χ2n) is 12.1. The molecule has 8 nitrogen and oxygen atoms in total. The third kappa shape index (κ3) is 11.4. The van der Waals surface area contributed by atoms with Gasteiger partial charge in [0, 0.05) is 12.1 Å². The van der Waals surface area contributed by atoms with Crippen molar-refractivity contribution in [3.8, 4) is 0 Å². The molecule has 0 fully saturated rings. The molecule has 0 saturated heterocycles. The fourth-order valence-corrected chi connectivity index (χ4v) is 4.39. The summed E-state index contributed by atoms with van der Waals surface area (Å²) in [6.45, 7) is 16.6. The van der Waals surface area contributed by atoms with Crippen LogP contribution in [0.3, 0.4) is 0 Å². The number of rotatable bonds is 13. The molecule has 0 bridgehead atoms. The lowest BCUT2D eigenvalue weighted by atomic mass is 9.92. The highest BCUT2D eigenvalue weighted by atomic mass is 16.6. The number of amides is 3. The Labute approximate surface area is 229 Å². The van der Waals surface area contributed by atoms with Crippen molar-refractivity contribution in [1.82, 2.24) is 15.5 Å². The molecule has 0 radical (unpaired) electrons. The number of alkyl carbamates (subject to hydrolysis) is 1. The molecular formula is C30H51N3O5. The van der Waals surface area contributed by atoms with Crippen LogP contribution < -0.4 is 10.6 Å². The molecule has 38 heavy (non-hydrogen) atoms. The molecule has 216 valence electrons. The number of carbonyl (C=O) groups is 3. The number of ether oxygens (including phenoxy) is 1. The first-order chi connectivity index (χ1) is 17.6. The Hall–Kier alpha value is -2.61. The van der Waals surface area contributed by atoms with Crippen LogP contribution in [-0.4, -0.2) is 58.2 Å². The summed E-state index contributed by atoms with van der Waals surface area (Å²) < 4.78 is 5.32. The zero-order chi connectivity index (χ0) is 29.1. The Kier molecular flexibility index (Phi) is 13.3. The van der Waals surface area contributed by atoms with Crippen LogP contribution in [0.1, 0.15) is 110 Å². The maximum Gasteiger partial charge on any atom is 0.408 e. The van der Waals surface area contributed by atoms with E-state index in [2.05, 4.69) is 17.6 Å². The molecule has 2 unspecified atom stereocenters. The number of aliphatic hydroxyl groups is 1. The third-order valence-corrected chi connectivity index (χ3v) is 6.08. The van der Waals surface area contributed by atoms with E-state index in [1.54, 1.807) is 20.8 Å². The molecule has 1 aromatic rings. The van der Waals surface area contributed by atoms with Crippen LogP contribution in [0.2, 0.25) is 0 Å². The van der Waals surface area contributed by atoms with Crippen LogP contribution in [0.15, 0.2) is 18.2 Å². The maximum absolute atomic E-state index is 14.0. The van der Waals surface area contributed by atoms with Crippen LogP contribution in [0.25, 0.3) is 0 Å². The number of benzene rings is 1. The van der Waals surface area contributed by atoms with Gasteiger partial charge < -0.3 is 25.4 Å². The Morgan fingerprint density at radius 3 is 2.00 bits per heavy atom. The van der Waals surface area contributed by atoms with Gasteiger partial charge in [0.05, 0.1) is 6.61 Å². The highest BCUT2D eigenvalue weighted by molar-refractivity contribution is 5.92. The van der Waals surface area contributed by atoms with E-state index in [9.17, 15) is 19.5 Å². The van der Waals surface area contributed by atoms with Gasteiger partial charge in [-0.25, -0.2) is 4.79 Å². The maximum atomic E-state index is 14.0. The fourth-order valence-electron chi connectivity index (χ4n) is 4.39. The van der Waals surface area contributed by atoms with Gasteiger partial charge in [-0.3, -0.25) is 9.59 Å². The second kappa shape index (κ2) is 15.1. The van der Waals surface area contributed by atoms with Crippen molar-refractivity contribution in [2.45, 2.75) is 124 Å². The summed E-state index contributed by atoms with van der Waals surface area (Å²) in [7, 11) is 0. The topological polar surface area (TPSA) is 108 Å². The number of carbonyl (C=O) groups excluding carboxylic acids is 3. The molecule has 0 heterocycles. The van der Waals surface area contributed by atoms with Crippen molar-refractivity contribution >= 4 is 17.9 Å². The molecule has 0 spiro atoms. The summed E-state index contributed by atoms with van der Waals surface area (Å²) in [5.41, 5.74) is 1.24. The number of nitrogens with zero attached hydrogens (tertiary/aromatic N) is 1. The zero-order valence-corrected chi connectivity index (χ0v) is 25.1. The molecule has 0 aliphatic heterocycles. The van der Waals surface area contributed by atoms with Gasteiger partial charge in [0.1, 0.15) is 17.7 Å². The van der Waals surface area contributed by atoms with E-state index in [1.807, 2.05) is 52.8 Å². The molecule has 0 aliphatic carbocycles. The smallest absolute Gasteiger partial charge is 0.408 e. The number of hydrogen-bond acceptors (Lipinski definition) is 5. The van der Waals surface area contributed by atoms with Crippen LogP contribution in [0.5, 0.6) is 0 Å². The minimum absolute atomic E-state index is 0.303. The average molecular weight is 534 g/mol. The minimum Gasteiger partial charge on any atom is -0.444 e. The Balaban J connectivity index is 3.47. The van der Waals surface area contributed by atoms with Crippen molar-refractivity contribution in [2.24, 2.45) is 0 Å². The van der Waals surface area contributed by atoms with Gasteiger partial charge in [0.15, 0.2) is 0 Å². The number of nitrogens with one attached hydrogen (secondary N) is 2. The molecule has 1 rings (SSSR count). The van der Waals surface area contributed by atoms with E-state index in [-0.39, 0.29) is 5.91 Å². The van der Waals surface area contributed by atoms with E-state index in [4.69, 9.17) is 4.74 Å². The van der Waals surface area contributed by atoms with Gasteiger partial charge in [0.2, 0.25) is 11.8 Å². The van der Waals surface area contributed by atoms with Crippen LogP contribution in [-0.2, 0) is 14.3 Å². The molecule has 1 aromatic carbocycles. The quantitative estimate of drug-likeness (QED) is 0.297. The van der Waals surface area contributed by atoms with Gasteiger partial charge in [-0.1, -0.05) is 57.2 Å². The molecule has 3 N–H and O–H groups in total. The van der Waals surface area contributed by atoms with Crippen molar-refractivity contribution in [3.05, 3.63) is 34.9 Å².